The number of rotatable bonds is 3. The number of ketones is 1. The zero-order chi connectivity index (χ0) is 8.15. The Bertz CT molecular complexity index is 165. The van der Waals surface area contributed by atoms with Gasteiger partial charge in [-0.25, -0.2) is 4.79 Å². The highest BCUT2D eigenvalue weighted by Gasteiger charge is 2.13. The third-order valence-corrected chi connectivity index (χ3v) is 0.853. The van der Waals surface area contributed by atoms with Crippen LogP contribution in [0.5, 0.6) is 0 Å². The molecule has 1 atom stereocenters. The van der Waals surface area contributed by atoms with Crippen molar-refractivity contribution in [2.45, 2.75) is 13.0 Å². The number of aldehydes is 1. The van der Waals surface area contributed by atoms with Gasteiger partial charge in [-0.15, -0.1) is 0 Å². The van der Waals surface area contributed by atoms with Crippen molar-refractivity contribution >= 4 is 18.2 Å². The third kappa shape index (κ3) is 2.81. The molecule has 0 saturated carbocycles. The molecule has 0 aliphatic carbocycles. The summed E-state index contributed by atoms with van der Waals surface area (Å²) in [6.07, 6.45) is -1.14. The Balaban J connectivity index is 3.96. The summed E-state index contributed by atoms with van der Waals surface area (Å²) in [5, 5.41) is 9.77. The van der Waals surface area contributed by atoms with Crippen LogP contribution in [0.1, 0.15) is 6.92 Å². The van der Waals surface area contributed by atoms with Crippen LogP contribution in [0.15, 0.2) is 0 Å². The molecule has 0 aromatic rings. The summed E-state index contributed by atoms with van der Waals surface area (Å²) < 4.78 is 0. The number of nitrogens with one attached hydrogen (secondary N) is 1. The molecule has 56 valence electrons. The first kappa shape index (κ1) is 8.61. The first-order valence-corrected chi connectivity index (χ1v) is 2.53. The van der Waals surface area contributed by atoms with Crippen LogP contribution in [-0.2, 0) is 9.59 Å². The number of Topliss-reactive ketones (excluding diaryl/α,β-unsaturated/α-hetero) is 1. The first-order chi connectivity index (χ1) is 4.57. The molecule has 1 amide bonds. The van der Waals surface area contributed by atoms with Crippen LogP contribution in [0.2, 0.25) is 0 Å². The van der Waals surface area contributed by atoms with E-state index in [-0.39, 0.29) is 6.29 Å². The van der Waals surface area contributed by atoms with Gasteiger partial charge in [-0.05, 0) is 6.92 Å². The maximum atomic E-state index is 10.4. The SMILES string of the molecule is CC(=O)C(C=O)NC(=O)O. The predicted octanol–water partition coefficient (Wildman–Crippen LogP) is -0.589. The van der Waals surface area contributed by atoms with E-state index < -0.39 is 17.9 Å². The molecular weight excluding hydrogens is 138 g/mol. The quantitative estimate of drug-likeness (QED) is 0.410. The monoisotopic (exact) mass is 145 g/mol. The average molecular weight is 145 g/mol. The molecule has 0 heterocycles. The van der Waals surface area contributed by atoms with E-state index in [0.29, 0.717) is 0 Å². The highest BCUT2D eigenvalue weighted by Crippen LogP contribution is 1.79. The summed E-state index contributed by atoms with van der Waals surface area (Å²) in [5.74, 6) is -0.516. The fraction of sp³-hybridized carbons (Fsp3) is 0.400. The summed E-state index contributed by atoms with van der Waals surface area (Å²) in [6.45, 7) is 1.13. The van der Waals surface area contributed by atoms with E-state index in [4.69, 9.17) is 5.11 Å². The lowest BCUT2D eigenvalue weighted by atomic mass is 10.2. The summed E-state index contributed by atoms with van der Waals surface area (Å²) in [6, 6.07) is -1.22. The highest BCUT2D eigenvalue weighted by atomic mass is 16.4. The van der Waals surface area contributed by atoms with Crippen LogP contribution in [0.3, 0.4) is 0 Å². The van der Waals surface area contributed by atoms with E-state index in [0.717, 1.165) is 6.92 Å². The lowest BCUT2D eigenvalue weighted by molar-refractivity contribution is -0.123. The molecule has 0 radical (unpaired) electrons. The fourth-order valence-electron chi connectivity index (χ4n) is 0.364. The minimum Gasteiger partial charge on any atom is -0.465 e. The molecular formula is C5H7NO4. The minimum absolute atomic E-state index is 0.246. The number of hydrogen-bond donors (Lipinski definition) is 2. The Labute approximate surface area is 57.0 Å². The van der Waals surface area contributed by atoms with Gasteiger partial charge in [0.2, 0.25) is 0 Å². The molecule has 0 aromatic heterocycles. The van der Waals surface area contributed by atoms with Crippen molar-refractivity contribution in [3.05, 3.63) is 0 Å². The van der Waals surface area contributed by atoms with E-state index >= 15 is 0 Å². The largest absolute Gasteiger partial charge is 0.465 e. The number of carbonyl (C=O) groups excluding carboxylic acids is 2. The molecule has 0 aromatic carbocycles. The highest BCUT2D eigenvalue weighted by molar-refractivity contribution is 5.98. The molecule has 0 spiro atoms. The topological polar surface area (TPSA) is 83.5 Å². The zero-order valence-electron chi connectivity index (χ0n) is 5.33. The van der Waals surface area contributed by atoms with Gasteiger partial charge in [-0.2, -0.15) is 0 Å². The van der Waals surface area contributed by atoms with E-state index in [2.05, 4.69) is 0 Å². The van der Waals surface area contributed by atoms with E-state index in [1.54, 1.807) is 5.32 Å². The maximum absolute atomic E-state index is 10.4. The van der Waals surface area contributed by atoms with Gasteiger partial charge in [0.25, 0.3) is 0 Å². The number of carboxylic acid groups (broad SMARTS) is 1. The van der Waals surface area contributed by atoms with Crippen LogP contribution in [0.25, 0.3) is 0 Å². The summed E-state index contributed by atoms with van der Waals surface area (Å²) in [5.41, 5.74) is 0. The lowest BCUT2D eigenvalue weighted by Gasteiger charge is -2.03. The van der Waals surface area contributed by atoms with Gasteiger partial charge in [-0.1, -0.05) is 0 Å². The molecule has 0 bridgehead atoms. The smallest absolute Gasteiger partial charge is 0.405 e. The van der Waals surface area contributed by atoms with Crippen molar-refractivity contribution in [3.63, 3.8) is 0 Å². The second-order valence-electron chi connectivity index (χ2n) is 1.67. The molecule has 0 aliphatic heterocycles. The number of amides is 1. The summed E-state index contributed by atoms with van der Waals surface area (Å²) in [4.78, 5) is 30.1. The Morgan fingerprint density at radius 2 is 2.10 bits per heavy atom. The number of carbonyl (C=O) groups is 3. The number of hydrogen-bond acceptors (Lipinski definition) is 3. The standard InChI is InChI=1S/C5H7NO4/c1-3(8)4(2-7)6-5(9)10/h2,4,6H,1H3,(H,9,10). The van der Waals surface area contributed by atoms with E-state index in [1.165, 1.54) is 0 Å². The van der Waals surface area contributed by atoms with Crippen LogP contribution >= 0.6 is 0 Å². The van der Waals surface area contributed by atoms with Gasteiger partial charge in [0.15, 0.2) is 5.78 Å². The average Bonchev–Trinajstić information content (AvgIpc) is 1.81. The molecule has 5 nitrogen and oxygen atoms in total. The fourth-order valence-corrected chi connectivity index (χ4v) is 0.364. The van der Waals surface area contributed by atoms with Crippen LogP contribution in [-0.4, -0.2) is 29.3 Å². The van der Waals surface area contributed by atoms with Crippen LogP contribution in [0, 0.1) is 0 Å². The van der Waals surface area contributed by atoms with Gasteiger partial charge < -0.3 is 15.2 Å². The Kier molecular flexibility index (Phi) is 3.10. The molecule has 0 rings (SSSR count). The lowest BCUT2D eigenvalue weighted by Crippen LogP contribution is -2.39. The van der Waals surface area contributed by atoms with Gasteiger partial charge in [0.05, 0.1) is 0 Å². The third-order valence-electron chi connectivity index (χ3n) is 0.853. The van der Waals surface area contributed by atoms with E-state index in [9.17, 15) is 14.4 Å². The first-order valence-electron chi connectivity index (χ1n) is 2.53. The van der Waals surface area contributed by atoms with Crippen molar-refractivity contribution in [2.24, 2.45) is 0 Å². The molecule has 10 heavy (non-hydrogen) atoms. The summed E-state index contributed by atoms with van der Waals surface area (Å²) >= 11 is 0. The second-order valence-corrected chi connectivity index (χ2v) is 1.67. The van der Waals surface area contributed by atoms with Crippen molar-refractivity contribution in [2.75, 3.05) is 0 Å². The molecule has 2 N–H and O–H groups in total. The Hall–Kier alpha value is -1.39. The normalized spacial score (nSPS) is 11.7. The Morgan fingerprint density at radius 3 is 2.20 bits per heavy atom. The molecule has 0 fully saturated rings. The zero-order valence-corrected chi connectivity index (χ0v) is 5.33. The molecule has 1 unspecified atom stereocenters. The van der Waals surface area contributed by atoms with Crippen molar-refractivity contribution in [1.29, 1.82) is 0 Å². The molecule has 0 aliphatic rings. The van der Waals surface area contributed by atoms with E-state index in [1.807, 2.05) is 0 Å². The van der Waals surface area contributed by atoms with Crippen LogP contribution < -0.4 is 5.32 Å². The van der Waals surface area contributed by atoms with Gasteiger partial charge in [-0.3, -0.25) is 4.79 Å². The summed E-state index contributed by atoms with van der Waals surface area (Å²) in [7, 11) is 0. The second kappa shape index (κ2) is 3.60. The maximum Gasteiger partial charge on any atom is 0.405 e. The van der Waals surface area contributed by atoms with Crippen LogP contribution in [0.4, 0.5) is 4.79 Å². The van der Waals surface area contributed by atoms with Crippen molar-refractivity contribution in [1.82, 2.24) is 5.32 Å². The van der Waals surface area contributed by atoms with Gasteiger partial charge in [0.1, 0.15) is 12.3 Å². The van der Waals surface area contributed by atoms with Crippen molar-refractivity contribution < 1.29 is 19.5 Å². The predicted molar refractivity (Wildman–Crippen MR) is 31.7 cm³/mol. The van der Waals surface area contributed by atoms with Crippen molar-refractivity contribution in [3.8, 4) is 0 Å². The van der Waals surface area contributed by atoms with Gasteiger partial charge >= 0.3 is 6.09 Å². The van der Waals surface area contributed by atoms with Gasteiger partial charge in [0, 0.05) is 0 Å². The molecule has 5 heteroatoms. The molecule has 0 saturated heterocycles. The Morgan fingerprint density at radius 1 is 1.60 bits per heavy atom. The minimum atomic E-state index is -1.38.